The highest BCUT2D eigenvalue weighted by Gasteiger charge is 2.60. The second-order valence-electron chi connectivity index (χ2n) is 6.98. The normalized spacial score (nSPS) is 44.2. The summed E-state index contributed by atoms with van der Waals surface area (Å²) in [4.78, 5) is 11.8. The van der Waals surface area contributed by atoms with Gasteiger partial charge in [0.2, 0.25) is 0 Å². The molecule has 2 fully saturated rings. The zero-order valence-electron chi connectivity index (χ0n) is 11.9. The first kappa shape index (κ1) is 12.9. The molecule has 0 amide bonds. The van der Waals surface area contributed by atoms with Gasteiger partial charge in [-0.05, 0) is 31.6 Å². The average Bonchev–Trinajstić information content (AvgIpc) is 2.75. The lowest BCUT2D eigenvalue weighted by atomic mass is 9.66. The minimum atomic E-state index is -0.804. The number of fused-ring (bicyclic) bond motifs is 3. The van der Waals surface area contributed by atoms with Crippen LogP contribution in [0, 0.1) is 17.3 Å². The standard InChI is InChI=1S/C16H22O3/c1-9-5-8-16(18)12(9)13-11(6-7-15(16,3)4)10(2)14(17)19-13/h5,11-13,18H,2,6-8H2,1,3-4H3/t11-,12+,13-,16-/m0/s1. The van der Waals surface area contributed by atoms with E-state index < -0.39 is 5.60 Å². The minimum absolute atomic E-state index is 0.0623. The van der Waals surface area contributed by atoms with Gasteiger partial charge < -0.3 is 9.84 Å². The number of rotatable bonds is 0. The third kappa shape index (κ3) is 1.51. The summed E-state index contributed by atoms with van der Waals surface area (Å²) in [6, 6.07) is 0. The van der Waals surface area contributed by atoms with Crippen LogP contribution in [0.1, 0.15) is 40.0 Å². The SMILES string of the molecule is C=C1C(=O)O[C@@H]2[C@H]3C(C)=CC[C@@]3(O)C(C)(C)CC[C@@H]12. The lowest BCUT2D eigenvalue weighted by Gasteiger charge is -2.44. The number of hydrogen-bond donors (Lipinski definition) is 1. The fourth-order valence-electron chi connectivity index (χ4n) is 4.18. The van der Waals surface area contributed by atoms with E-state index in [-0.39, 0.29) is 29.3 Å². The molecule has 0 unspecified atom stereocenters. The Kier molecular flexibility index (Phi) is 2.53. The van der Waals surface area contributed by atoms with Crippen molar-refractivity contribution in [1.29, 1.82) is 0 Å². The van der Waals surface area contributed by atoms with Crippen LogP contribution in [-0.2, 0) is 9.53 Å². The molecular weight excluding hydrogens is 240 g/mol. The highest BCUT2D eigenvalue weighted by atomic mass is 16.6. The molecule has 3 heteroatoms. The first-order valence-corrected chi connectivity index (χ1v) is 7.07. The molecule has 0 aromatic heterocycles. The lowest BCUT2D eigenvalue weighted by Crippen LogP contribution is -2.51. The summed E-state index contributed by atoms with van der Waals surface area (Å²) in [7, 11) is 0. The van der Waals surface area contributed by atoms with E-state index in [0.717, 1.165) is 18.4 Å². The minimum Gasteiger partial charge on any atom is -0.458 e. The van der Waals surface area contributed by atoms with Crippen LogP contribution in [-0.4, -0.2) is 22.8 Å². The van der Waals surface area contributed by atoms with Crippen molar-refractivity contribution in [2.45, 2.75) is 51.7 Å². The highest BCUT2D eigenvalue weighted by molar-refractivity contribution is 5.91. The van der Waals surface area contributed by atoms with Gasteiger partial charge >= 0.3 is 5.97 Å². The van der Waals surface area contributed by atoms with E-state index in [4.69, 9.17) is 4.74 Å². The first-order valence-electron chi connectivity index (χ1n) is 7.07. The molecule has 104 valence electrons. The third-order valence-electron chi connectivity index (χ3n) is 5.67. The maximum atomic E-state index is 11.8. The quantitative estimate of drug-likeness (QED) is 0.414. The zero-order chi connectivity index (χ0) is 14.0. The molecule has 4 atom stereocenters. The molecule has 1 aliphatic heterocycles. The monoisotopic (exact) mass is 262 g/mol. The number of aliphatic hydroxyl groups is 1. The van der Waals surface area contributed by atoms with Gasteiger partial charge in [0.05, 0.1) is 5.60 Å². The Labute approximate surface area is 114 Å². The second kappa shape index (κ2) is 3.72. The Morgan fingerprint density at radius 1 is 1.47 bits per heavy atom. The van der Waals surface area contributed by atoms with Crippen LogP contribution >= 0.6 is 0 Å². The predicted molar refractivity (Wildman–Crippen MR) is 72.3 cm³/mol. The molecule has 1 saturated heterocycles. The zero-order valence-corrected chi connectivity index (χ0v) is 11.9. The van der Waals surface area contributed by atoms with Crippen molar-refractivity contribution in [3.63, 3.8) is 0 Å². The fourth-order valence-corrected chi connectivity index (χ4v) is 4.18. The van der Waals surface area contributed by atoms with Crippen LogP contribution < -0.4 is 0 Å². The van der Waals surface area contributed by atoms with Gasteiger partial charge in [-0.15, -0.1) is 0 Å². The molecule has 0 aromatic carbocycles. The van der Waals surface area contributed by atoms with E-state index in [1.165, 1.54) is 0 Å². The van der Waals surface area contributed by atoms with Gasteiger partial charge in [-0.3, -0.25) is 0 Å². The van der Waals surface area contributed by atoms with Crippen molar-refractivity contribution in [2.24, 2.45) is 17.3 Å². The molecule has 3 aliphatic rings. The molecule has 3 rings (SSSR count). The molecule has 2 aliphatic carbocycles. The van der Waals surface area contributed by atoms with Crippen LogP contribution in [0.5, 0.6) is 0 Å². The second-order valence-corrected chi connectivity index (χ2v) is 6.98. The Bertz CT molecular complexity index is 488. The number of esters is 1. The van der Waals surface area contributed by atoms with E-state index in [2.05, 4.69) is 26.5 Å². The molecule has 0 bridgehead atoms. The van der Waals surface area contributed by atoms with Crippen LogP contribution in [0.4, 0.5) is 0 Å². The van der Waals surface area contributed by atoms with E-state index in [1.807, 2.05) is 6.92 Å². The Morgan fingerprint density at radius 3 is 2.84 bits per heavy atom. The number of carbonyl (C=O) groups excluding carboxylic acids is 1. The number of carbonyl (C=O) groups is 1. The van der Waals surface area contributed by atoms with Gasteiger partial charge in [-0.1, -0.05) is 32.1 Å². The fraction of sp³-hybridized carbons (Fsp3) is 0.688. The first-order chi connectivity index (χ1) is 8.78. The summed E-state index contributed by atoms with van der Waals surface area (Å²) in [6.45, 7) is 10.2. The van der Waals surface area contributed by atoms with Crippen LogP contribution in [0.2, 0.25) is 0 Å². The molecule has 0 radical (unpaired) electrons. The Morgan fingerprint density at radius 2 is 2.16 bits per heavy atom. The van der Waals surface area contributed by atoms with Crippen LogP contribution in [0.25, 0.3) is 0 Å². The van der Waals surface area contributed by atoms with Gasteiger partial charge in [0.25, 0.3) is 0 Å². The molecule has 3 nitrogen and oxygen atoms in total. The molecule has 0 aromatic rings. The summed E-state index contributed by atoms with van der Waals surface area (Å²) in [5.74, 6) is -0.304. The summed E-state index contributed by atoms with van der Waals surface area (Å²) >= 11 is 0. The Hall–Kier alpha value is -1.09. The molecule has 1 N–H and O–H groups in total. The average molecular weight is 262 g/mol. The topological polar surface area (TPSA) is 46.5 Å². The molecular formula is C16H22O3. The van der Waals surface area contributed by atoms with E-state index >= 15 is 0 Å². The van der Waals surface area contributed by atoms with Gasteiger partial charge in [0.1, 0.15) is 6.10 Å². The van der Waals surface area contributed by atoms with Crippen LogP contribution in [0.15, 0.2) is 23.8 Å². The lowest BCUT2D eigenvalue weighted by molar-refractivity contribution is -0.151. The van der Waals surface area contributed by atoms with E-state index in [0.29, 0.717) is 12.0 Å². The van der Waals surface area contributed by atoms with Crippen molar-refractivity contribution < 1.29 is 14.6 Å². The van der Waals surface area contributed by atoms with Crippen molar-refractivity contribution >= 4 is 5.97 Å². The molecule has 0 spiro atoms. The van der Waals surface area contributed by atoms with Crippen molar-refractivity contribution in [3.05, 3.63) is 23.8 Å². The molecule has 19 heavy (non-hydrogen) atoms. The Balaban J connectivity index is 2.09. The van der Waals surface area contributed by atoms with Crippen molar-refractivity contribution in [1.82, 2.24) is 0 Å². The van der Waals surface area contributed by atoms with Gasteiger partial charge in [-0.2, -0.15) is 0 Å². The van der Waals surface area contributed by atoms with Crippen molar-refractivity contribution in [2.75, 3.05) is 0 Å². The van der Waals surface area contributed by atoms with E-state index in [1.54, 1.807) is 0 Å². The largest absolute Gasteiger partial charge is 0.458 e. The smallest absolute Gasteiger partial charge is 0.334 e. The summed E-state index contributed by atoms with van der Waals surface area (Å²) < 4.78 is 5.56. The van der Waals surface area contributed by atoms with Gasteiger partial charge in [0, 0.05) is 17.4 Å². The maximum Gasteiger partial charge on any atom is 0.334 e. The highest BCUT2D eigenvalue weighted by Crippen LogP contribution is 2.57. The molecule has 1 saturated carbocycles. The van der Waals surface area contributed by atoms with Gasteiger partial charge in [-0.25, -0.2) is 4.79 Å². The predicted octanol–water partition coefficient (Wildman–Crippen LogP) is 2.60. The van der Waals surface area contributed by atoms with Crippen LogP contribution in [0.3, 0.4) is 0 Å². The summed E-state index contributed by atoms with van der Waals surface area (Å²) in [5, 5.41) is 11.2. The van der Waals surface area contributed by atoms with Gasteiger partial charge in [0.15, 0.2) is 0 Å². The maximum absolute atomic E-state index is 11.8. The number of ether oxygens (including phenoxy) is 1. The van der Waals surface area contributed by atoms with E-state index in [9.17, 15) is 9.90 Å². The van der Waals surface area contributed by atoms with Crippen molar-refractivity contribution in [3.8, 4) is 0 Å². The third-order valence-corrected chi connectivity index (χ3v) is 5.67. The molecule has 1 heterocycles. The summed E-state index contributed by atoms with van der Waals surface area (Å²) in [6.07, 6.45) is 4.28. The summed E-state index contributed by atoms with van der Waals surface area (Å²) in [5.41, 5.74) is 0.754. The number of hydrogen-bond acceptors (Lipinski definition) is 3.